The largest absolute Gasteiger partial charge is 0.324 e. The summed E-state index contributed by atoms with van der Waals surface area (Å²) in [7, 11) is 1.90. The van der Waals surface area contributed by atoms with Crippen LogP contribution in [-0.4, -0.2) is 26.4 Å². The zero-order valence-electron chi connectivity index (χ0n) is 12.4. The summed E-state index contributed by atoms with van der Waals surface area (Å²) in [6, 6.07) is 5.32. The Morgan fingerprint density at radius 2 is 2.18 bits per heavy atom. The third-order valence-electron chi connectivity index (χ3n) is 2.92. The first-order valence-electron chi connectivity index (χ1n) is 6.65. The monoisotopic (exact) mass is 402 g/mol. The maximum absolute atomic E-state index is 12.0. The van der Waals surface area contributed by atoms with E-state index in [1.54, 1.807) is 12.1 Å². The Morgan fingerprint density at radius 1 is 1.45 bits per heavy atom. The van der Waals surface area contributed by atoms with Crippen LogP contribution in [0.5, 0.6) is 0 Å². The van der Waals surface area contributed by atoms with Gasteiger partial charge in [0.05, 0.1) is 16.5 Å². The van der Waals surface area contributed by atoms with E-state index >= 15 is 0 Å². The van der Waals surface area contributed by atoms with Crippen molar-refractivity contribution in [3.8, 4) is 0 Å². The summed E-state index contributed by atoms with van der Waals surface area (Å²) in [6.07, 6.45) is 0. The van der Waals surface area contributed by atoms with Gasteiger partial charge in [-0.1, -0.05) is 53.1 Å². The van der Waals surface area contributed by atoms with Crippen LogP contribution in [0, 0.1) is 0 Å². The average molecular weight is 404 g/mol. The zero-order chi connectivity index (χ0) is 16.3. The SMILES string of the molecule is CC(C)c1nnc(SCC(=O)Nc2ccc(Br)cc2Cl)n1C. The summed E-state index contributed by atoms with van der Waals surface area (Å²) < 4.78 is 2.78. The Morgan fingerprint density at radius 3 is 2.77 bits per heavy atom. The number of anilines is 1. The minimum atomic E-state index is -0.136. The maximum atomic E-state index is 12.0. The molecule has 8 heteroatoms. The van der Waals surface area contributed by atoms with Crippen LogP contribution in [0.1, 0.15) is 25.6 Å². The van der Waals surface area contributed by atoms with Gasteiger partial charge in [0.15, 0.2) is 5.16 Å². The second kappa shape index (κ2) is 7.48. The molecule has 0 saturated carbocycles. The highest BCUT2D eigenvalue weighted by Crippen LogP contribution is 2.26. The van der Waals surface area contributed by atoms with Gasteiger partial charge in [-0.3, -0.25) is 4.79 Å². The number of amides is 1. The molecule has 0 aliphatic rings. The van der Waals surface area contributed by atoms with Gasteiger partial charge < -0.3 is 9.88 Å². The molecule has 118 valence electrons. The number of nitrogens with one attached hydrogen (secondary N) is 1. The molecule has 0 spiro atoms. The van der Waals surface area contributed by atoms with Crippen molar-refractivity contribution in [3.63, 3.8) is 0 Å². The van der Waals surface area contributed by atoms with Crippen LogP contribution in [0.15, 0.2) is 27.8 Å². The molecular weight excluding hydrogens is 388 g/mol. The number of aromatic nitrogens is 3. The predicted octanol–water partition coefficient (Wildman–Crippen LogP) is 4.09. The van der Waals surface area contributed by atoms with Crippen LogP contribution < -0.4 is 5.32 Å². The van der Waals surface area contributed by atoms with Crippen molar-refractivity contribution in [2.75, 3.05) is 11.1 Å². The average Bonchev–Trinajstić information content (AvgIpc) is 2.81. The molecule has 0 aliphatic carbocycles. The minimum Gasteiger partial charge on any atom is -0.324 e. The standard InChI is InChI=1S/C14H16BrClN4OS/c1-8(2)13-18-19-14(20(13)3)22-7-12(21)17-11-5-4-9(15)6-10(11)16/h4-6,8H,7H2,1-3H3,(H,17,21). The molecule has 2 rings (SSSR count). The van der Waals surface area contributed by atoms with Crippen molar-refractivity contribution in [1.82, 2.24) is 14.8 Å². The normalized spacial score (nSPS) is 11.0. The highest BCUT2D eigenvalue weighted by atomic mass is 79.9. The van der Waals surface area contributed by atoms with Gasteiger partial charge in [-0.15, -0.1) is 10.2 Å². The summed E-state index contributed by atoms with van der Waals surface area (Å²) in [5.41, 5.74) is 0.594. The molecule has 2 aromatic rings. The molecule has 0 fully saturated rings. The molecule has 1 heterocycles. The number of hydrogen-bond acceptors (Lipinski definition) is 4. The first-order valence-corrected chi connectivity index (χ1v) is 8.81. The van der Waals surface area contributed by atoms with Gasteiger partial charge in [0.2, 0.25) is 5.91 Å². The Balaban J connectivity index is 1.96. The summed E-state index contributed by atoms with van der Waals surface area (Å²) in [5, 5.41) is 12.2. The van der Waals surface area contributed by atoms with Gasteiger partial charge in [-0.2, -0.15) is 0 Å². The van der Waals surface area contributed by atoms with Gasteiger partial charge in [-0.25, -0.2) is 0 Å². The lowest BCUT2D eigenvalue weighted by molar-refractivity contribution is -0.113. The predicted molar refractivity (Wildman–Crippen MR) is 93.6 cm³/mol. The molecule has 1 aromatic carbocycles. The van der Waals surface area contributed by atoms with Crippen molar-refractivity contribution >= 4 is 50.9 Å². The van der Waals surface area contributed by atoms with Crippen LogP contribution in [0.25, 0.3) is 0 Å². The van der Waals surface area contributed by atoms with Crippen molar-refractivity contribution < 1.29 is 4.79 Å². The van der Waals surface area contributed by atoms with Crippen LogP contribution in [0.4, 0.5) is 5.69 Å². The molecule has 0 bridgehead atoms. The van der Waals surface area contributed by atoms with Gasteiger partial charge in [0, 0.05) is 17.4 Å². The molecule has 22 heavy (non-hydrogen) atoms. The molecule has 0 unspecified atom stereocenters. The number of rotatable bonds is 5. The van der Waals surface area contributed by atoms with Crippen LogP contribution in [-0.2, 0) is 11.8 Å². The number of halogens is 2. The fraction of sp³-hybridized carbons (Fsp3) is 0.357. The number of benzene rings is 1. The highest BCUT2D eigenvalue weighted by molar-refractivity contribution is 9.10. The molecule has 1 amide bonds. The van der Waals surface area contributed by atoms with E-state index in [0.29, 0.717) is 16.6 Å². The van der Waals surface area contributed by atoms with E-state index in [0.717, 1.165) is 15.5 Å². The van der Waals surface area contributed by atoms with Gasteiger partial charge in [0.25, 0.3) is 0 Å². The molecule has 5 nitrogen and oxygen atoms in total. The minimum absolute atomic E-state index is 0.136. The second-order valence-electron chi connectivity index (χ2n) is 5.02. The lowest BCUT2D eigenvalue weighted by Crippen LogP contribution is -2.14. The Labute approximate surface area is 147 Å². The van der Waals surface area contributed by atoms with Crippen LogP contribution >= 0.6 is 39.3 Å². The number of nitrogens with zero attached hydrogens (tertiary/aromatic N) is 3. The third-order valence-corrected chi connectivity index (χ3v) is 4.75. The lowest BCUT2D eigenvalue weighted by atomic mass is 10.2. The molecule has 0 atom stereocenters. The first kappa shape index (κ1) is 17.3. The quantitative estimate of drug-likeness (QED) is 0.764. The maximum Gasteiger partial charge on any atom is 0.234 e. The fourth-order valence-corrected chi connectivity index (χ4v) is 3.30. The van der Waals surface area contributed by atoms with E-state index in [2.05, 4.69) is 45.3 Å². The van der Waals surface area contributed by atoms with Gasteiger partial charge in [0.1, 0.15) is 5.82 Å². The van der Waals surface area contributed by atoms with Crippen molar-refractivity contribution in [3.05, 3.63) is 33.5 Å². The number of carbonyl (C=O) groups excluding carboxylic acids is 1. The molecule has 1 N–H and O–H groups in total. The number of carbonyl (C=O) groups is 1. The van der Waals surface area contributed by atoms with E-state index in [1.165, 1.54) is 11.8 Å². The van der Waals surface area contributed by atoms with E-state index in [1.807, 2.05) is 17.7 Å². The highest BCUT2D eigenvalue weighted by Gasteiger charge is 2.14. The van der Waals surface area contributed by atoms with Crippen molar-refractivity contribution in [2.45, 2.75) is 24.9 Å². The van der Waals surface area contributed by atoms with E-state index in [9.17, 15) is 4.79 Å². The summed E-state index contributed by atoms with van der Waals surface area (Å²) in [4.78, 5) is 12.0. The fourth-order valence-electron chi connectivity index (χ4n) is 1.86. The topological polar surface area (TPSA) is 59.8 Å². The molecule has 1 aromatic heterocycles. The second-order valence-corrected chi connectivity index (χ2v) is 7.28. The molecular formula is C14H16BrClN4OS. The number of hydrogen-bond donors (Lipinski definition) is 1. The first-order chi connectivity index (χ1) is 10.4. The molecule has 0 saturated heterocycles. The van der Waals surface area contributed by atoms with Crippen molar-refractivity contribution in [1.29, 1.82) is 0 Å². The Hall–Kier alpha value is -1.05. The Kier molecular flexibility index (Phi) is 5.88. The van der Waals surface area contributed by atoms with Crippen molar-refractivity contribution in [2.24, 2.45) is 7.05 Å². The number of thioether (sulfide) groups is 1. The van der Waals surface area contributed by atoms with Crippen LogP contribution in [0.3, 0.4) is 0 Å². The van der Waals surface area contributed by atoms with E-state index in [4.69, 9.17) is 11.6 Å². The smallest absolute Gasteiger partial charge is 0.234 e. The summed E-state index contributed by atoms with van der Waals surface area (Å²) in [6.45, 7) is 4.11. The summed E-state index contributed by atoms with van der Waals surface area (Å²) in [5.74, 6) is 1.31. The van der Waals surface area contributed by atoms with E-state index < -0.39 is 0 Å². The van der Waals surface area contributed by atoms with Gasteiger partial charge >= 0.3 is 0 Å². The van der Waals surface area contributed by atoms with Gasteiger partial charge in [-0.05, 0) is 18.2 Å². The zero-order valence-corrected chi connectivity index (χ0v) is 15.6. The third kappa shape index (κ3) is 4.24. The molecule has 0 aliphatic heterocycles. The lowest BCUT2D eigenvalue weighted by Gasteiger charge is -2.08. The van der Waals surface area contributed by atoms with E-state index in [-0.39, 0.29) is 11.7 Å². The summed E-state index contributed by atoms with van der Waals surface area (Å²) >= 11 is 10.7. The van der Waals surface area contributed by atoms with Crippen LogP contribution in [0.2, 0.25) is 5.02 Å². The molecule has 0 radical (unpaired) electrons. The Bertz CT molecular complexity index is 689.